The molecule has 0 spiro atoms. The molecule has 1 saturated heterocycles. The van der Waals surface area contributed by atoms with Gasteiger partial charge in [0.2, 0.25) is 0 Å². The zero-order chi connectivity index (χ0) is 19.3. The Morgan fingerprint density at radius 1 is 1.18 bits per heavy atom. The number of nitrogens with one attached hydrogen (secondary N) is 1. The van der Waals surface area contributed by atoms with Crippen LogP contribution in [0.3, 0.4) is 0 Å². The van der Waals surface area contributed by atoms with Crippen molar-refractivity contribution in [3.8, 4) is 0 Å². The van der Waals surface area contributed by atoms with Gasteiger partial charge in [0.25, 0.3) is 5.91 Å². The average molecular weight is 380 g/mol. The second kappa shape index (κ2) is 8.86. The summed E-state index contributed by atoms with van der Waals surface area (Å²) >= 11 is 0. The number of aliphatic hydroxyl groups excluding tert-OH is 1. The fraction of sp³-hybridized carbons (Fsp3) is 0.435. The van der Waals surface area contributed by atoms with E-state index < -0.39 is 6.10 Å². The zero-order valence-electron chi connectivity index (χ0n) is 16.1. The lowest BCUT2D eigenvalue weighted by atomic mass is 9.96. The summed E-state index contributed by atoms with van der Waals surface area (Å²) in [4.78, 5) is 14.7. The maximum Gasteiger partial charge on any atom is 0.251 e. The molecule has 148 valence electrons. The van der Waals surface area contributed by atoms with Crippen LogP contribution >= 0.6 is 0 Å². The Hall–Kier alpha value is -2.21. The van der Waals surface area contributed by atoms with Crippen LogP contribution < -0.4 is 5.32 Å². The van der Waals surface area contributed by atoms with Gasteiger partial charge < -0.3 is 15.2 Å². The predicted molar refractivity (Wildman–Crippen MR) is 108 cm³/mol. The van der Waals surface area contributed by atoms with Crippen molar-refractivity contribution in [3.63, 3.8) is 0 Å². The number of carbonyl (C=O) groups excluding carboxylic acids is 1. The van der Waals surface area contributed by atoms with Gasteiger partial charge in [0.15, 0.2) is 0 Å². The van der Waals surface area contributed by atoms with Crippen LogP contribution in [0, 0.1) is 5.92 Å². The van der Waals surface area contributed by atoms with E-state index in [1.54, 1.807) is 0 Å². The van der Waals surface area contributed by atoms with Gasteiger partial charge in [-0.05, 0) is 41.7 Å². The number of hydrogen-bond acceptors (Lipinski definition) is 4. The highest BCUT2D eigenvalue weighted by atomic mass is 16.5. The Morgan fingerprint density at radius 2 is 2.00 bits per heavy atom. The first-order valence-corrected chi connectivity index (χ1v) is 10.1. The molecule has 2 aromatic carbocycles. The van der Waals surface area contributed by atoms with E-state index in [-0.39, 0.29) is 12.5 Å². The molecule has 0 bridgehead atoms. The number of amides is 1. The third-order valence-corrected chi connectivity index (χ3v) is 5.60. The van der Waals surface area contributed by atoms with Crippen LogP contribution in [-0.4, -0.2) is 54.9 Å². The van der Waals surface area contributed by atoms with E-state index in [1.807, 2.05) is 18.2 Å². The Morgan fingerprint density at radius 3 is 2.79 bits per heavy atom. The molecule has 4 rings (SSSR count). The first kappa shape index (κ1) is 19.1. The van der Waals surface area contributed by atoms with Crippen LogP contribution in [0.1, 0.15) is 27.0 Å². The van der Waals surface area contributed by atoms with Gasteiger partial charge in [-0.1, -0.05) is 36.4 Å². The molecular formula is C23H28N2O3. The maximum absolute atomic E-state index is 12.5. The fourth-order valence-corrected chi connectivity index (χ4v) is 3.96. The first-order chi connectivity index (χ1) is 13.7. The molecule has 2 aromatic rings. The summed E-state index contributed by atoms with van der Waals surface area (Å²) in [6.07, 6.45) is 1.37. The van der Waals surface area contributed by atoms with Crippen molar-refractivity contribution in [1.82, 2.24) is 10.2 Å². The Labute approximate surface area is 166 Å². The molecule has 1 atom stereocenters. The number of ether oxygens (including phenoxy) is 1. The lowest BCUT2D eigenvalue weighted by Gasteiger charge is -2.30. The fourth-order valence-electron chi connectivity index (χ4n) is 3.96. The van der Waals surface area contributed by atoms with E-state index in [0.717, 1.165) is 44.7 Å². The molecule has 0 saturated carbocycles. The summed E-state index contributed by atoms with van der Waals surface area (Å²) in [7, 11) is 0. The SMILES string of the molecule is O=C(NCC(O)CN1CCc2ccccc2C1)c1cccc(CC2COC2)c1. The number of nitrogens with zero attached hydrogens (tertiary/aromatic N) is 1. The number of benzene rings is 2. The normalized spacial score (nSPS) is 18.2. The Bertz CT molecular complexity index is 819. The molecule has 1 fully saturated rings. The van der Waals surface area contributed by atoms with E-state index in [2.05, 4.69) is 40.5 Å². The average Bonchev–Trinajstić information content (AvgIpc) is 2.69. The molecule has 1 amide bonds. The molecule has 5 nitrogen and oxygen atoms in total. The molecule has 2 heterocycles. The van der Waals surface area contributed by atoms with Gasteiger partial charge in [-0.2, -0.15) is 0 Å². The van der Waals surface area contributed by atoms with Gasteiger partial charge in [-0.15, -0.1) is 0 Å². The van der Waals surface area contributed by atoms with E-state index in [1.165, 1.54) is 11.1 Å². The second-order valence-electron chi connectivity index (χ2n) is 7.93. The monoisotopic (exact) mass is 380 g/mol. The van der Waals surface area contributed by atoms with Crippen molar-refractivity contribution in [2.75, 3.05) is 32.8 Å². The number of aliphatic hydroxyl groups is 1. The number of fused-ring (bicyclic) bond motifs is 1. The third-order valence-electron chi connectivity index (χ3n) is 5.60. The Kier molecular flexibility index (Phi) is 6.05. The molecule has 2 N–H and O–H groups in total. The van der Waals surface area contributed by atoms with Crippen LogP contribution in [0.5, 0.6) is 0 Å². The molecule has 2 aliphatic heterocycles. The minimum Gasteiger partial charge on any atom is -0.390 e. The summed E-state index contributed by atoms with van der Waals surface area (Å²) < 4.78 is 5.22. The van der Waals surface area contributed by atoms with Gasteiger partial charge in [-0.25, -0.2) is 0 Å². The summed E-state index contributed by atoms with van der Waals surface area (Å²) in [5, 5.41) is 13.3. The molecular weight excluding hydrogens is 352 g/mol. The van der Waals surface area contributed by atoms with Crippen molar-refractivity contribution in [3.05, 3.63) is 70.8 Å². The summed E-state index contributed by atoms with van der Waals surface area (Å²) in [5.41, 5.74) is 4.54. The van der Waals surface area contributed by atoms with Crippen LogP contribution in [0.15, 0.2) is 48.5 Å². The van der Waals surface area contributed by atoms with E-state index in [9.17, 15) is 9.90 Å². The topological polar surface area (TPSA) is 61.8 Å². The highest BCUT2D eigenvalue weighted by molar-refractivity contribution is 5.94. The van der Waals surface area contributed by atoms with Crippen molar-refractivity contribution in [2.45, 2.75) is 25.5 Å². The molecule has 0 radical (unpaired) electrons. The number of hydrogen-bond donors (Lipinski definition) is 2. The van der Waals surface area contributed by atoms with E-state index >= 15 is 0 Å². The van der Waals surface area contributed by atoms with Gasteiger partial charge in [0.1, 0.15) is 0 Å². The smallest absolute Gasteiger partial charge is 0.251 e. The molecule has 2 aliphatic rings. The summed E-state index contributed by atoms with van der Waals surface area (Å²) in [6.45, 7) is 4.24. The largest absolute Gasteiger partial charge is 0.390 e. The number of β-amino-alcohol motifs (C(OH)–C–C–N with tert-alkyl or cyclic N) is 1. The number of rotatable bonds is 7. The minimum atomic E-state index is -0.579. The van der Waals surface area contributed by atoms with Gasteiger partial charge in [-0.3, -0.25) is 9.69 Å². The van der Waals surface area contributed by atoms with E-state index in [0.29, 0.717) is 18.0 Å². The van der Waals surface area contributed by atoms with Crippen molar-refractivity contribution >= 4 is 5.91 Å². The molecule has 1 unspecified atom stereocenters. The third kappa shape index (κ3) is 4.79. The second-order valence-corrected chi connectivity index (χ2v) is 7.93. The predicted octanol–water partition coefficient (Wildman–Crippen LogP) is 2.02. The van der Waals surface area contributed by atoms with Crippen LogP contribution in [0.4, 0.5) is 0 Å². The van der Waals surface area contributed by atoms with Crippen LogP contribution in [0.25, 0.3) is 0 Å². The summed E-state index contributed by atoms with van der Waals surface area (Å²) in [5.74, 6) is 0.435. The van der Waals surface area contributed by atoms with Gasteiger partial charge in [0, 0.05) is 37.7 Å². The Balaban J connectivity index is 1.25. The lowest BCUT2D eigenvalue weighted by Crippen LogP contribution is -2.42. The highest BCUT2D eigenvalue weighted by Crippen LogP contribution is 2.19. The molecule has 28 heavy (non-hydrogen) atoms. The van der Waals surface area contributed by atoms with Gasteiger partial charge in [0.05, 0.1) is 19.3 Å². The summed E-state index contributed by atoms with van der Waals surface area (Å²) in [6, 6.07) is 16.2. The molecule has 5 heteroatoms. The van der Waals surface area contributed by atoms with Crippen molar-refractivity contribution < 1.29 is 14.6 Å². The maximum atomic E-state index is 12.5. The molecule has 0 aliphatic carbocycles. The zero-order valence-corrected chi connectivity index (χ0v) is 16.1. The molecule has 0 aromatic heterocycles. The highest BCUT2D eigenvalue weighted by Gasteiger charge is 2.20. The van der Waals surface area contributed by atoms with Crippen molar-refractivity contribution in [2.24, 2.45) is 5.92 Å². The standard InChI is InChI=1S/C23H28N2O3/c26-22(14-25-9-8-19-5-1-2-6-21(19)13-25)12-24-23(27)20-7-3-4-17(11-20)10-18-15-28-16-18/h1-7,11,18,22,26H,8-10,12-16H2,(H,24,27). The van der Waals surface area contributed by atoms with E-state index in [4.69, 9.17) is 4.74 Å². The minimum absolute atomic E-state index is 0.130. The quantitative estimate of drug-likeness (QED) is 0.772. The van der Waals surface area contributed by atoms with Crippen molar-refractivity contribution in [1.29, 1.82) is 0 Å². The number of carbonyl (C=O) groups is 1. The van der Waals surface area contributed by atoms with Crippen LogP contribution in [-0.2, 0) is 24.1 Å². The van der Waals surface area contributed by atoms with Gasteiger partial charge >= 0.3 is 0 Å². The first-order valence-electron chi connectivity index (χ1n) is 10.1. The van der Waals surface area contributed by atoms with Crippen LogP contribution in [0.2, 0.25) is 0 Å². The lowest BCUT2D eigenvalue weighted by molar-refractivity contribution is -0.0312.